The molecular formula is C17H26N2O2. The first-order valence-corrected chi connectivity index (χ1v) is 7.78. The summed E-state index contributed by atoms with van der Waals surface area (Å²) in [4.78, 5) is 14.7. The molecule has 1 aliphatic heterocycles. The number of hydrogen-bond acceptors (Lipinski definition) is 3. The van der Waals surface area contributed by atoms with E-state index in [1.165, 1.54) is 0 Å². The number of rotatable bonds is 6. The van der Waals surface area contributed by atoms with E-state index in [-0.39, 0.29) is 24.5 Å². The Morgan fingerprint density at radius 1 is 1.38 bits per heavy atom. The summed E-state index contributed by atoms with van der Waals surface area (Å²) in [5.41, 5.74) is 0.949. The average molecular weight is 290 g/mol. The van der Waals surface area contributed by atoms with Crippen molar-refractivity contribution in [2.75, 3.05) is 26.2 Å². The molecule has 1 aromatic carbocycles. The third-order valence-electron chi connectivity index (χ3n) is 3.97. The van der Waals surface area contributed by atoms with E-state index >= 15 is 0 Å². The Bertz CT molecular complexity index is 447. The standard InChI is InChI=1S/C17H26N2O2/c1-13(2)10-19-9-8-15(11-19)17(21)18-16(12-20)14-6-4-3-5-7-14/h3-7,13,15-16,20H,8-12H2,1-2H3,(H,18,21). The molecule has 116 valence electrons. The first kappa shape index (κ1) is 16.0. The second kappa shape index (κ2) is 7.57. The fourth-order valence-electron chi connectivity index (χ4n) is 2.94. The van der Waals surface area contributed by atoms with E-state index in [4.69, 9.17) is 0 Å². The van der Waals surface area contributed by atoms with Gasteiger partial charge in [-0.1, -0.05) is 44.2 Å². The van der Waals surface area contributed by atoms with Crippen molar-refractivity contribution in [3.63, 3.8) is 0 Å². The number of carbonyl (C=O) groups excluding carboxylic acids is 1. The number of hydrogen-bond donors (Lipinski definition) is 2. The number of benzene rings is 1. The summed E-state index contributed by atoms with van der Waals surface area (Å²) < 4.78 is 0. The number of amides is 1. The van der Waals surface area contributed by atoms with Gasteiger partial charge in [0.05, 0.1) is 18.6 Å². The van der Waals surface area contributed by atoms with Crippen molar-refractivity contribution >= 4 is 5.91 Å². The normalized spacial score (nSPS) is 20.7. The molecule has 4 heteroatoms. The highest BCUT2D eigenvalue weighted by molar-refractivity contribution is 5.79. The van der Waals surface area contributed by atoms with Crippen molar-refractivity contribution in [1.82, 2.24) is 10.2 Å². The first-order chi connectivity index (χ1) is 10.1. The lowest BCUT2D eigenvalue weighted by molar-refractivity contribution is -0.125. The zero-order chi connectivity index (χ0) is 15.2. The first-order valence-electron chi connectivity index (χ1n) is 7.78. The highest BCUT2D eigenvalue weighted by atomic mass is 16.3. The monoisotopic (exact) mass is 290 g/mol. The van der Waals surface area contributed by atoms with Crippen LogP contribution in [0.4, 0.5) is 0 Å². The van der Waals surface area contributed by atoms with Crippen LogP contribution in [0.3, 0.4) is 0 Å². The predicted octanol–water partition coefficient (Wildman–Crippen LogP) is 1.81. The Hall–Kier alpha value is -1.39. The summed E-state index contributed by atoms with van der Waals surface area (Å²) in [5.74, 6) is 0.729. The topological polar surface area (TPSA) is 52.6 Å². The Morgan fingerprint density at radius 2 is 2.10 bits per heavy atom. The second-order valence-electron chi connectivity index (χ2n) is 6.29. The average Bonchev–Trinajstić information content (AvgIpc) is 2.93. The van der Waals surface area contributed by atoms with Gasteiger partial charge >= 0.3 is 0 Å². The highest BCUT2D eigenvalue weighted by Gasteiger charge is 2.29. The maximum Gasteiger partial charge on any atom is 0.225 e. The van der Waals surface area contributed by atoms with Gasteiger partial charge in [-0.3, -0.25) is 4.79 Å². The molecule has 1 amide bonds. The molecule has 1 saturated heterocycles. The van der Waals surface area contributed by atoms with E-state index in [0.29, 0.717) is 5.92 Å². The van der Waals surface area contributed by atoms with Gasteiger partial charge in [-0.2, -0.15) is 0 Å². The molecule has 2 N–H and O–H groups in total. The fourth-order valence-corrected chi connectivity index (χ4v) is 2.94. The lowest BCUT2D eigenvalue weighted by Gasteiger charge is -2.20. The molecule has 2 unspecified atom stereocenters. The van der Waals surface area contributed by atoms with Crippen LogP contribution in [0.25, 0.3) is 0 Å². The van der Waals surface area contributed by atoms with Crippen LogP contribution >= 0.6 is 0 Å². The lowest BCUT2D eigenvalue weighted by Crippen LogP contribution is -2.37. The Balaban J connectivity index is 1.89. The SMILES string of the molecule is CC(C)CN1CCC(C(=O)NC(CO)c2ccccc2)C1. The van der Waals surface area contributed by atoms with Crippen LogP contribution in [0.15, 0.2) is 30.3 Å². The summed E-state index contributed by atoms with van der Waals surface area (Å²) in [6.07, 6.45) is 0.908. The van der Waals surface area contributed by atoms with Crippen LogP contribution < -0.4 is 5.32 Å². The molecule has 0 aromatic heterocycles. The molecule has 0 bridgehead atoms. The van der Waals surface area contributed by atoms with Gasteiger partial charge in [-0.15, -0.1) is 0 Å². The molecular weight excluding hydrogens is 264 g/mol. The maximum absolute atomic E-state index is 12.4. The van der Waals surface area contributed by atoms with Gasteiger partial charge in [0.15, 0.2) is 0 Å². The van der Waals surface area contributed by atoms with Crippen molar-refractivity contribution in [2.24, 2.45) is 11.8 Å². The van der Waals surface area contributed by atoms with Crippen LogP contribution in [0.5, 0.6) is 0 Å². The van der Waals surface area contributed by atoms with Crippen LogP contribution in [-0.4, -0.2) is 42.2 Å². The summed E-state index contributed by atoms with van der Waals surface area (Å²) in [5, 5.41) is 12.5. The molecule has 0 radical (unpaired) electrons. The Labute approximate surface area is 127 Å². The number of aliphatic hydroxyl groups excluding tert-OH is 1. The predicted molar refractivity (Wildman–Crippen MR) is 83.8 cm³/mol. The number of likely N-dealkylation sites (tertiary alicyclic amines) is 1. The van der Waals surface area contributed by atoms with Gasteiger partial charge in [0.2, 0.25) is 5.91 Å². The van der Waals surface area contributed by atoms with E-state index in [1.54, 1.807) is 0 Å². The van der Waals surface area contributed by atoms with Crippen LogP contribution in [0.1, 0.15) is 31.9 Å². The zero-order valence-electron chi connectivity index (χ0n) is 13.0. The molecule has 1 aromatic rings. The lowest BCUT2D eigenvalue weighted by atomic mass is 10.0. The van der Waals surface area contributed by atoms with E-state index in [9.17, 15) is 9.90 Å². The molecule has 0 aliphatic carbocycles. The molecule has 2 rings (SSSR count). The molecule has 21 heavy (non-hydrogen) atoms. The molecule has 0 saturated carbocycles. The van der Waals surface area contributed by atoms with Crippen LogP contribution in [-0.2, 0) is 4.79 Å². The zero-order valence-corrected chi connectivity index (χ0v) is 13.0. The number of aliphatic hydroxyl groups is 1. The maximum atomic E-state index is 12.4. The molecule has 1 heterocycles. The molecule has 1 aliphatic rings. The molecule has 0 spiro atoms. The van der Waals surface area contributed by atoms with Crippen molar-refractivity contribution in [3.05, 3.63) is 35.9 Å². The van der Waals surface area contributed by atoms with Gasteiger partial charge in [-0.25, -0.2) is 0 Å². The minimum atomic E-state index is -0.308. The van der Waals surface area contributed by atoms with Crippen molar-refractivity contribution in [1.29, 1.82) is 0 Å². The minimum Gasteiger partial charge on any atom is -0.394 e. The number of nitrogens with one attached hydrogen (secondary N) is 1. The van der Waals surface area contributed by atoms with E-state index in [1.807, 2.05) is 30.3 Å². The van der Waals surface area contributed by atoms with Gasteiger partial charge in [0.25, 0.3) is 0 Å². The van der Waals surface area contributed by atoms with Crippen LogP contribution in [0.2, 0.25) is 0 Å². The third kappa shape index (κ3) is 4.55. The van der Waals surface area contributed by atoms with Crippen molar-refractivity contribution in [2.45, 2.75) is 26.3 Å². The Morgan fingerprint density at radius 3 is 2.71 bits per heavy atom. The largest absolute Gasteiger partial charge is 0.394 e. The van der Waals surface area contributed by atoms with Crippen molar-refractivity contribution in [3.8, 4) is 0 Å². The van der Waals surface area contributed by atoms with Gasteiger partial charge in [0.1, 0.15) is 0 Å². The van der Waals surface area contributed by atoms with E-state index in [2.05, 4.69) is 24.1 Å². The van der Waals surface area contributed by atoms with Gasteiger partial charge in [-0.05, 0) is 24.4 Å². The van der Waals surface area contributed by atoms with Crippen molar-refractivity contribution < 1.29 is 9.90 Å². The Kier molecular flexibility index (Phi) is 5.76. The number of nitrogens with zero attached hydrogens (tertiary/aromatic N) is 1. The summed E-state index contributed by atoms with van der Waals surface area (Å²) in [6, 6.07) is 9.33. The van der Waals surface area contributed by atoms with E-state index in [0.717, 1.165) is 31.6 Å². The van der Waals surface area contributed by atoms with Gasteiger partial charge < -0.3 is 15.3 Å². The second-order valence-corrected chi connectivity index (χ2v) is 6.29. The summed E-state index contributed by atoms with van der Waals surface area (Å²) >= 11 is 0. The fraction of sp³-hybridized carbons (Fsp3) is 0.588. The third-order valence-corrected chi connectivity index (χ3v) is 3.97. The quantitative estimate of drug-likeness (QED) is 0.840. The summed E-state index contributed by atoms with van der Waals surface area (Å²) in [7, 11) is 0. The molecule has 1 fully saturated rings. The van der Waals surface area contributed by atoms with Crippen LogP contribution in [0, 0.1) is 11.8 Å². The molecule has 2 atom stereocenters. The molecule has 4 nitrogen and oxygen atoms in total. The van der Waals surface area contributed by atoms with E-state index < -0.39 is 0 Å². The minimum absolute atomic E-state index is 0.0431. The summed E-state index contributed by atoms with van der Waals surface area (Å²) in [6.45, 7) is 7.20. The number of carbonyl (C=O) groups is 1. The van der Waals surface area contributed by atoms with Gasteiger partial charge in [0, 0.05) is 13.1 Å². The smallest absolute Gasteiger partial charge is 0.225 e. The highest BCUT2D eigenvalue weighted by Crippen LogP contribution is 2.19.